The van der Waals surface area contributed by atoms with Crippen LogP contribution in [0.2, 0.25) is 0 Å². The third-order valence-electron chi connectivity index (χ3n) is 4.19. The van der Waals surface area contributed by atoms with Crippen LogP contribution >= 0.6 is 11.3 Å². The molecule has 0 aliphatic carbocycles. The van der Waals surface area contributed by atoms with Gasteiger partial charge in [-0.1, -0.05) is 11.3 Å². The first-order chi connectivity index (χ1) is 12.1. The maximum absolute atomic E-state index is 11.7. The van der Waals surface area contributed by atoms with Crippen LogP contribution < -0.4 is 11.1 Å². The molecule has 4 rings (SSSR count). The number of amides is 1. The summed E-state index contributed by atoms with van der Waals surface area (Å²) in [5, 5.41) is 7.71. The van der Waals surface area contributed by atoms with Crippen LogP contribution in [0.15, 0.2) is 18.2 Å². The first-order valence-corrected chi connectivity index (χ1v) is 8.86. The number of nitrogens with two attached hydrogens (primary N) is 1. The van der Waals surface area contributed by atoms with Crippen LogP contribution in [0.3, 0.4) is 0 Å². The molecule has 1 aromatic carbocycles. The molecule has 1 unspecified atom stereocenters. The Balaban J connectivity index is 1.77. The molecule has 9 heteroatoms. The molecule has 3 aromatic rings. The number of benzene rings is 1. The summed E-state index contributed by atoms with van der Waals surface area (Å²) in [4.78, 5) is 20.6. The second kappa shape index (κ2) is 6.41. The lowest BCUT2D eigenvalue weighted by Gasteiger charge is -2.11. The van der Waals surface area contributed by atoms with Gasteiger partial charge in [-0.05, 0) is 24.6 Å². The number of rotatable bonds is 4. The lowest BCUT2D eigenvalue weighted by molar-refractivity contribution is -0.120. The number of aromatic nitrogens is 4. The minimum atomic E-state index is -0.117. The summed E-state index contributed by atoms with van der Waals surface area (Å²) in [6, 6.07) is 6.06. The third-order valence-corrected chi connectivity index (χ3v) is 5.05. The van der Waals surface area contributed by atoms with Crippen molar-refractivity contribution in [1.29, 1.82) is 0 Å². The highest BCUT2D eigenvalue weighted by atomic mass is 32.1. The fraction of sp³-hybridized carbons (Fsp3) is 0.375. The van der Waals surface area contributed by atoms with Gasteiger partial charge in [-0.15, -0.1) is 0 Å². The van der Waals surface area contributed by atoms with Crippen LogP contribution in [-0.4, -0.2) is 45.9 Å². The Morgan fingerprint density at radius 3 is 3.12 bits per heavy atom. The molecule has 1 atom stereocenters. The molecule has 1 amide bonds. The predicted octanol–water partition coefficient (Wildman–Crippen LogP) is 1.39. The van der Waals surface area contributed by atoms with Crippen molar-refractivity contribution in [2.45, 2.75) is 18.9 Å². The molecule has 1 aliphatic heterocycles. The third kappa shape index (κ3) is 3.08. The largest absolute Gasteiger partial charge is 0.379 e. The summed E-state index contributed by atoms with van der Waals surface area (Å²) in [6.45, 7) is 1.30. The van der Waals surface area contributed by atoms with Crippen molar-refractivity contribution in [3.63, 3.8) is 0 Å². The quantitative estimate of drug-likeness (QED) is 0.730. The van der Waals surface area contributed by atoms with Crippen LogP contribution in [0, 0.1) is 0 Å². The molecule has 8 nitrogen and oxygen atoms in total. The van der Waals surface area contributed by atoms with E-state index in [1.807, 2.05) is 22.9 Å². The summed E-state index contributed by atoms with van der Waals surface area (Å²) in [5.41, 5.74) is 7.54. The van der Waals surface area contributed by atoms with Gasteiger partial charge in [0.15, 0.2) is 16.8 Å². The standard InChI is InChI=1S/C16H18N6O2S/c1-18-14(23)7-13-20-15(22(21-13)10-4-5-24-8-10)9-2-3-12-11(6-9)19-16(17)25-12/h2-3,6,10H,4-5,7-8H2,1H3,(H2,17,19)(H,18,23). The van der Waals surface area contributed by atoms with Crippen LogP contribution in [0.25, 0.3) is 21.6 Å². The molecule has 0 bridgehead atoms. The topological polar surface area (TPSA) is 108 Å². The fourth-order valence-corrected chi connectivity index (χ4v) is 3.64. The Kier molecular flexibility index (Phi) is 4.10. The molecule has 130 valence electrons. The van der Waals surface area contributed by atoms with E-state index < -0.39 is 0 Å². The number of likely N-dealkylation sites (N-methyl/N-ethyl adjacent to an activating group) is 1. The minimum Gasteiger partial charge on any atom is -0.379 e. The molecule has 3 heterocycles. The number of hydrogen-bond donors (Lipinski definition) is 2. The zero-order chi connectivity index (χ0) is 17.4. The fourth-order valence-electron chi connectivity index (χ4n) is 2.93. The number of fused-ring (bicyclic) bond motifs is 1. The number of carbonyl (C=O) groups is 1. The molecule has 3 N–H and O–H groups in total. The van der Waals surface area contributed by atoms with E-state index in [0.29, 0.717) is 24.2 Å². The van der Waals surface area contributed by atoms with E-state index >= 15 is 0 Å². The van der Waals surface area contributed by atoms with Gasteiger partial charge in [-0.3, -0.25) is 4.79 Å². The highest BCUT2D eigenvalue weighted by Crippen LogP contribution is 2.30. The molecule has 0 saturated carbocycles. The average molecular weight is 358 g/mol. The van der Waals surface area contributed by atoms with E-state index in [-0.39, 0.29) is 18.4 Å². The molecular formula is C16H18N6O2S. The van der Waals surface area contributed by atoms with Crippen LogP contribution in [0.4, 0.5) is 5.13 Å². The van der Waals surface area contributed by atoms with Crippen molar-refractivity contribution in [2.75, 3.05) is 26.0 Å². The smallest absolute Gasteiger partial charge is 0.227 e. The highest BCUT2D eigenvalue weighted by Gasteiger charge is 2.24. The van der Waals surface area contributed by atoms with E-state index in [1.54, 1.807) is 7.05 Å². The Morgan fingerprint density at radius 2 is 2.36 bits per heavy atom. The summed E-state index contributed by atoms with van der Waals surface area (Å²) in [7, 11) is 1.60. The number of carbonyl (C=O) groups excluding carboxylic acids is 1. The van der Waals surface area contributed by atoms with Gasteiger partial charge in [0, 0.05) is 19.2 Å². The van der Waals surface area contributed by atoms with E-state index in [4.69, 9.17) is 10.5 Å². The number of nitrogen functional groups attached to an aromatic ring is 1. The zero-order valence-corrected chi connectivity index (χ0v) is 14.5. The molecule has 1 aliphatic rings. The van der Waals surface area contributed by atoms with Gasteiger partial charge in [0.2, 0.25) is 5.91 Å². The number of anilines is 1. The maximum Gasteiger partial charge on any atom is 0.227 e. The van der Waals surface area contributed by atoms with E-state index in [2.05, 4.69) is 20.4 Å². The van der Waals surface area contributed by atoms with E-state index in [9.17, 15) is 4.79 Å². The number of ether oxygens (including phenoxy) is 1. The average Bonchev–Trinajstić information content (AvgIpc) is 3.31. The second-order valence-corrected chi connectivity index (χ2v) is 6.96. The number of nitrogens with one attached hydrogen (secondary N) is 1. The van der Waals surface area contributed by atoms with Crippen LogP contribution in [0.5, 0.6) is 0 Å². The molecule has 1 fully saturated rings. The highest BCUT2D eigenvalue weighted by molar-refractivity contribution is 7.22. The number of nitrogens with zero attached hydrogens (tertiary/aromatic N) is 4. The van der Waals surface area contributed by atoms with E-state index in [1.165, 1.54) is 11.3 Å². The Morgan fingerprint density at radius 1 is 1.48 bits per heavy atom. The van der Waals surface area contributed by atoms with Gasteiger partial charge in [0.05, 0.1) is 29.3 Å². The van der Waals surface area contributed by atoms with Crippen LogP contribution in [0.1, 0.15) is 18.3 Å². The zero-order valence-electron chi connectivity index (χ0n) is 13.7. The SMILES string of the molecule is CNC(=O)Cc1nc(-c2ccc3sc(N)nc3c2)n(C2CCOC2)n1. The lowest BCUT2D eigenvalue weighted by Crippen LogP contribution is -2.21. The van der Waals surface area contributed by atoms with Gasteiger partial charge in [0.1, 0.15) is 0 Å². The summed E-state index contributed by atoms with van der Waals surface area (Å²) in [6.07, 6.45) is 1.03. The van der Waals surface area contributed by atoms with Gasteiger partial charge in [-0.25, -0.2) is 14.6 Å². The van der Waals surface area contributed by atoms with Crippen molar-refractivity contribution in [1.82, 2.24) is 25.1 Å². The minimum absolute atomic E-state index is 0.117. The Hall–Kier alpha value is -2.52. The van der Waals surface area contributed by atoms with Gasteiger partial charge in [-0.2, -0.15) is 5.10 Å². The maximum atomic E-state index is 11.7. The van der Waals surface area contributed by atoms with Crippen molar-refractivity contribution in [3.05, 3.63) is 24.0 Å². The van der Waals surface area contributed by atoms with E-state index in [0.717, 1.165) is 28.0 Å². The Bertz CT molecular complexity index is 928. The summed E-state index contributed by atoms with van der Waals surface area (Å²) < 4.78 is 8.40. The van der Waals surface area contributed by atoms with Crippen molar-refractivity contribution < 1.29 is 9.53 Å². The van der Waals surface area contributed by atoms with Crippen molar-refractivity contribution in [2.24, 2.45) is 0 Å². The summed E-state index contributed by atoms with van der Waals surface area (Å²) >= 11 is 1.45. The number of hydrogen-bond acceptors (Lipinski definition) is 7. The molecule has 25 heavy (non-hydrogen) atoms. The molecule has 2 aromatic heterocycles. The molecule has 1 saturated heterocycles. The van der Waals surface area contributed by atoms with Gasteiger partial charge >= 0.3 is 0 Å². The summed E-state index contributed by atoms with van der Waals surface area (Å²) in [5.74, 6) is 1.11. The molecular weight excluding hydrogens is 340 g/mol. The number of thiazole rings is 1. The lowest BCUT2D eigenvalue weighted by atomic mass is 10.2. The van der Waals surface area contributed by atoms with Crippen molar-refractivity contribution in [3.8, 4) is 11.4 Å². The van der Waals surface area contributed by atoms with Crippen LogP contribution in [-0.2, 0) is 16.0 Å². The monoisotopic (exact) mass is 358 g/mol. The van der Waals surface area contributed by atoms with Gasteiger partial charge < -0.3 is 15.8 Å². The first-order valence-electron chi connectivity index (χ1n) is 8.04. The molecule has 0 radical (unpaired) electrons. The predicted molar refractivity (Wildman–Crippen MR) is 95.3 cm³/mol. The normalized spacial score (nSPS) is 17.2. The molecule has 0 spiro atoms. The van der Waals surface area contributed by atoms with Gasteiger partial charge in [0.25, 0.3) is 0 Å². The second-order valence-electron chi connectivity index (χ2n) is 5.90. The van der Waals surface area contributed by atoms with Crippen molar-refractivity contribution >= 4 is 32.6 Å². The first kappa shape index (κ1) is 16.0. The Labute approximate surface area is 148 Å².